The second kappa shape index (κ2) is 11.3. The summed E-state index contributed by atoms with van der Waals surface area (Å²) >= 11 is 0. The Morgan fingerprint density at radius 3 is 1.23 bits per heavy atom. The molecule has 0 fully saturated rings. The van der Waals surface area contributed by atoms with Crippen molar-refractivity contribution in [3.63, 3.8) is 0 Å². The van der Waals surface area contributed by atoms with Gasteiger partial charge in [-0.05, 0) is 49.9 Å². The molecular weight excluding hydrogens is 384 g/mol. The van der Waals surface area contributed by atoms with Crippen LogP contribution in [0, 0.1) is 0 Å². The van der Waals surface area contributed by atoms with E-state index in [9.17, 15) is 0 Å². The maximum Gasteiger partial charge on any atom is 0.0796 e. The molecule has 0 N–H and O–H groups in total. The highest BCUT2D eigenvalue weighted by Crippen LogP contribution is 2.29. The van der Waals surface area contributed by atoms with Crippen molar-refractivity contribution in [2.75, 3.05) is 26.4 Å². The molecule has 0 aliphatic heterocycles. The molecule has 3 nitrogen and oxygen atoms in total. The molecule has 172 valence electrons. The third-order valence-electron chi connectivity index (χ3n) is 6.08. The van der Waals surface area contributed by atoms with E-state index >= 15 is 0 Å². The molecular formula is C28H42O3. The Morgan fingerprint density at radius 1 is 0.613 bits per heavy atom. The van der Waals surface area contributed by atoms with E-state index in [2.05, 4.69) is 90.1 Å². The lowest BCUT2D eigenvalue weighted by Gasteiger charge is -2.30. The number of rotatable bonds is 12. The van der Waals surface area contributed by atoms with Gasteiger partial charge < -0.3 is 14.2 Å². The zero-order chi connectivity index (χ0) is 23.1. The molecule has 0 radical (unpaired) electrons. The smallest absolute Gasteiger partial charge is 0.0796 e. The van der Waals surface area contributed by atoms with Gasteiger partial charge in [0.25, 0.3) is 0 Å². The minimum atomic E-state index is -0.0553. The fourth-order valence-corrected chi connectivity index (χ4v) is 3.83. The second-order valence-corrected chi connectivity index (χ2v) is 9.70. The quantitative estimate of drug-likeness (QED) is 0.360. The van der Waals surface area contributed by atoms with Gasteiger partial charge in [0.05, 0.1) is 25.4 Å². The lowest BCUT2D eigenvalue weighted by Crippen LogP contribution is -2.30. The van der Waals surface area contributed by atoms with Gasteiger partial charge in [-0.15, -0.1) is 0 Å². The van der Waals surface area contributed by atoms with E-state index in [4.69, 9.17) is 14.2 Å². The van der Waals surface area contributed by atoms with E-state index in [-0.39, 0.29) is 23.0 Å². The summed E-state index contributed by atoms with van der Waals surface area (Å²) in [6.07, 6.45) is 0.254. The van der Waals surface area contributed by atoms with Crippen LogP contribution in [0.2, 0.25) is 0 Å². The molecule has 0 saturated carbocycles. The minimum Gasteiger partial charge on any atom is -0.380 e. The molecule has 0 saturated heterocycles. The van der Waals surface area contributed by atoms with Gasteiger partial charge >= 0.3 is 0 Å². The predicted octanol–water partition coefficient (Wildman–Crippen LogP) is 7.15. The second-order valence-electron chi connectivity index (χ2n) is 9.70. The van der Waals surface area contributed by atoms with Crippen LogP contribution < -0.4 is 0 Å². The van der Waals surface area contributed by atoms with Crippen molar-refractivity contribution in [1.82, 2.24) is 0 Å². The topological polar surface area (TPSA) is 27.7 Å². The van der Waals surface area contributed by atoms with Crippen LogP contribution in [-0.2, 0) is 25.0 Å². The summed E-state index contributed by atoms with van der Waals surface area (Å²) in [7, 11) is 0. The van der Waals surface area contributed by atoms with E-state index in [1.807, 2.05) is 13.8 Å². The summed E-state index contributed by atoms with van der Waals surface area (Å²) in [6, 6.07) is 17.5. The van der Waals surface area contributed by atoms with Gasteiger partial charge in [0, 0.05) is 24.0 Å². The summed E-state index contributed by atoms with van der Waals surface area (Å²) in [5.41, 5.74) is 4.88. The molecule has 0 bridgehead atoms. The van der Waals surface area contributed by atoms with Gasteiger partial charge in [-0.1, -0.05) is 76.2 Å². The number of hydrogen-bond donors (Lipinski definition) is 0. The van der Waals surface area contributed by atoms with E-state index in [0.717, 1.165) is 13.2 Å². The van der Waals surface area contributed by atoms with Gasteiger partial charge in [0.2, 0.25) is 0 Å². The molecule has 0 aliphatic rings. The SMILES string of the molecule is CCOC(C)c1ccc(C(C)(C)COCC(C)(C)c2ccc(C(C)OCC)cc2)cc1. The van der Waals surface area contributed by atoms with Crippen LogP contribution >= 0.6 is 0 Å². The van der Waals surface area contributed by atoms with Crippen molar-refractivity contribution in [3.05, 3.63) is 70.8 Å². The number of ether oxygens (including phenoxy) is 3. The largest absolute Gasteiger partial charge is 0.380 e. The number of hydrogen-bond acceptors (Lipinski definition) is 3. The summed E-state index contributed by atoms with van der Waals surface area (Å²) in [4.78, 5) is 0. The molecule has 0 aliphatic carbocycles. The van der Waals surface area contributed by atoms with Gasteiger partial charge in [-0.25, -0.2) is 0 Å². The molecule has 3 heteroatoms. The van der Waals surface area contributed by atoms with E-state index in [1.54, 1.807) is 0 Å². The van der Waals surface area contributed by atoms with Crippen molar-refractivity contribution in [2.45, 2.75) is 78.4 Å². The molecule has 2 unspecified atom stereocenters. The normalized spacial score (nSPS) is 14.5. The predicted molar refractivity (Wildman–Crippen MR) is 130 cm³/mol. The Hall–Kier alpha value is -1.68. The lowest BCUT2D eigenvalue weighted by molar-refractivity contribution is 0.0631. The van der Waals surface area contributed by atoms with Crippen molar-refractivity contribution in [3.8, 4) is 0 Å². The highest BCUT2D eigenvalue weighted by Gasteiger charge is 2.25. The summed E-state index contributed by atoms with van der Waals surface area (Å²) in [6.45, 7) is 20.0. The Morgan fingerprint density at radius 2 is 0.935 bits per heavy atom. The molecule has 2 atom stereocenters. The first-order chi connectivity index (χ1) is 14.6. The Kier molecular flexibility index (Phi) is 9.29. The van der Waals surface area contributed by atoms with Gasteiger partial charge in [0.1, 0.15) is 0 Å². The third-order valence-corrected chi connectivity index (χ3v) is 6.08. The Labute approximate surface area is 190 Å². The fraction of sp³-hybridized carbons (Fsp3) is 0.571. The first-order valence-corrected chi connectivity index (χ1v) is 11.6. The highest BCUT2D eigenvalue weighted by molar-refractivity contribution is 5.30. The monoisotopic (exact) mass is 426 g/mol. The zero-order valence-corrected chi connectivity index (χ0v) is 20.8. The molecule has 2 aromatic rings. The lowest BCUT2D eigenvalue weighted by atomic mass is 9.83. The van der Waals surface area contributed by atoms with Crippen LogP contribution in [0.15, 0.2) is 48.5 Å². The molecule has 0 spiro atoms. The van der Waals surface area contributed by atoms with Crippen LogP contribution in [0.25, 0.3) is 0 Å². The van der Waals surface area contributed by atoms with Crippen molar-refractivity contribution in [1.29, 1.82) is 0 Å². The van der Waals surface area contributed by atoms with E-state index < -0.39 is 0 Å². The van der Waals surface area contributed by atoms with E-state index in [1.165, 1.54) is 22.3 Å². The van der Waals surface area contributed by atoms with Crippen molar-refractivity contribution >= 4 is 0 Å². The van der Waals surface area contributed by atoms with Gasteiger partial charge in [-0.2, -0.15) is 0 Å². The third kappa shape index (κ3) is 7.17. The Bertz CT molecular complexity index is 707. The molecule has 2 rings (SSSR count). The minimum absolute atomic E-state index is 0.0553. The van der Waals surface area contributed by atoms with Crippen LogP contribution in [-0.4, -0.2) is 26.4 Å². The maximum atomic E-state index is 6.26. The fourth-order valence-electron chi connectivity index (χ4n) is 3.83. The van der Waals surface area contributed by atoms with Crippen molar-refractivity contribution < 1.29 is 14.2 Å². The maximum absolute atomic E-state index is 6.26. The van der Waals surface area contributed by atoms with Gasteiger partial charge in [-0.3, -0.25) is 0 Å². The molecule has 0 aromatic heterocycles. The van der Waals surface area contributed by atoms with Crippen LogP contribution in [0.1, 0.15) is 89.9 Å². The molecule has 31 heavy (non-hydrogen) atoms. The van der Waals surface area contributed by atoms with Crippen LogP contribution in [0.4, 0.5) is 0 Å². The number of benzene rings is 2. The molecule has 2 aromatic carbocycles. The average Bonchev–Trinajstić information content (AvgIpc) is 2.74. The van der Waals surface area contributed by atoms with Crippen molar-refractivity contribution in [2.24, 2.45) is 0 Å². The Balaban J connectivity index is 1.95. The standard InChI is InChI=1S/C28H42O3/c1-9-30-21(3)23-11-15-25(16-12-23)27(5,6)19-29-20-28(7,8)26-17-13-24(14-18-26)22(4)31-10-2/h11-18,21-22H,9-10,19-20H2,1-8H3. The van der Waals surface area contributed by atoms with E-state index in [0.29, 0.717) is 13.2 Å². The zero-order valence-electron chi connectivity index (χ0n) is 20.8. The van der Waals surface area contributed by atoms with Crippen LogP contribution in [0.5, 0.6) is 0 Å². The highest BCUT2D eigenvalue weighted by atomic mass is 16.5. The summed E-state index contributed by atoms with van der Waals surface area (Å²) in [5, 5.41) is 0. The average molecular weight is 427 g/mol. The molecule has 0 heterocycles. The molecule has 0 amide bonds. The van der Waals surface area contributed by atoms with Crippen LogP contribution in [0.3, 0.4) is 0 Å². The summed E-state index contributed by atoms with van der Waals surface area (Å²) < 4.78 is 17.7. The first-order valence-electron chi connectivity index (χ1n) is 11.6. The van der Waals surface area contributed by atoms with Gasteiger partial charge in [0.15, 0.2) is 0 Å². The first kappa shape index (κ1) is 25.6. The summed E-state index contributed by atoms with van der Waals surface area (Å²) in [5.74, 6) is 0.